The zero-order valence-electron chi connectivity index (χ0n) is 13.7. The fourth-order valence-electron chi connectivity index (χ4n) is 3.85. The number of carboxylic acid groups (broad SMARTS) is 2. The van der Waals surface area contributed by atoms with Crippen molar-refractivity contribution in [2.75, 3.05) is 19.6 Å². The van der Waals surface area contributed by atoms with E-state index in [9.17, 15) is 9.59 Å². The molecule has 1 atom stereocenters. The van der Waals surface area contributed by atoms with Crippen LogP contribution in [0.25, 0.3) is 0 Å². The van der Waals surface area contributed by atoms with Crippen LogP contribution >= 0.6 is 0 Å². The van der Waals surface area contributed by atoms with E-state index in [-0.39, 0.29) is 11.8 Å². The molecule has 1 aromatic carbocycles. The van der Waals surface area contributed by atoms with Gasteiger partial charge in [0, 0.05) is 13.1 Å². The van der Waals surface area contributed by atoms with Crippen molar-refractivity contribution in [3.63, 3.8) is 0 Å². The van der Waals surface area contributed by atoms with Crippen molar-refractivity contribution in [3.05, 3.63) is 35.4 Å². The number of hydrogen-bond donors (Lipinski definition) is 3. The molecule has 0 saturated carbocycles. The lowest BCUT2D eigenvalue weighted by Crippen LogP contribution is -2.40. The van der Waals surface area contributed by atoms with E-state index in [0.717, 1.165) is 51.0 Å². The molecule has 2 heterocycles. The molecule has 24 heavy (non-hydrogen) atoms. The summed E-state index contributed by atoms with van der Waals surface area (Å²) in [6.45, 7) is 3.62. The van der Waals surface area contributed by atoms with Gasteiger partial charge in [0.2, 0.25) is 0 Å². The number of hydrogen-bond acceptors (Lipinski definition) is 4. The summed E-state index contributed by atoms with van der Waals surface area (Å²) >= 11 is 0. The average Bonchev–Trinajstić information content (AvgIpc) is 2.96. The maximum atomic E-state index is 11.1. The molecule has 6 heteroatoms. The topological polar surface area (TPSA) is 89.9 Å². The van der Waals surface area contributed by atoms with Gasteiger partial charge in [-0.1, -0.05) is 24.3 Å². The number of aliphatic carboxylic acids is 2. The normalized spacial score (nSPS) is 23.4. The fourth-order valence-corrected chi connectivity index (χ4v) is 3.85. The predicted molar refractivity (Wildman–Crippen MR) is 88.8 cm³/mol. The van der Waals surface area contributed by atoms with E-state index in [1.54, 1.807) is 0 Å². The second-order valence-electron chi connectivity index (χ2n) is 7.14. The highest BCUT2D eigenvalue weighted by molar-refractivity contribution is 5.74. The van der Waals surface area contributed by atoms with Crippen LogP contribution in [0.3, 0.4) is 0 Å². The van der Waals surface area contributed by atoms with Crippen LogP contribution < -0.4 is 5.32 Å². The summed E-state index contributed by atoms with van der Waals surface area (Å²) in [5.41, 5.74) is 2.15. The summed E-state index contributed by atoms with van der Waals surface area (Å²) in [4.78, 5) is 24.2. The van der Waals surface area contributed by atoms with Gasteiger partial charge in [0.25, 0.3) is 0 Å². The minimum atomic E-state index is -0.811. The number of nitrogens with one attached hydrogen (secondary N) is 1. The lowest BCUT2D eigenvalue weighted by molar-refractivity contribution is -0.139. The van der Waals surface area contributed by atoms with Crippen LogP contribution in [0.2, 0.25) is 0 Å². The molecule has 0 aromatic heterocycles. The number of likely N-dealkylation sites (tertiary alicyclic amines) is 1. The van der Waals surface area contributed by atoms with Crippen molar-refractivity contribution in [1.29, 1.82) is 0 Å². The number of carboxylic acids is 2. The monoisotopic (exact) mass is 332 g/mol. The molecular weight excluding hydrogens is 308 g/mol. The van der Waals surface area contributed by atoms with Gasteiger partial charge in [0.1, 0.15) is 6.04 Å². The molecule has 2 aliphatic heterocycles. The van der Waals surface area contributed by atoms with Crippen molar-refractivity contribution in [1.82, 2.24) is 10.2 Å². The second-order valence-corrected chi connectivity index (χ2v) is 7.14. The van der Waals surface area contributed by atoms with E-state index in [1.807, 2.05) is 24.3 Å². The third-order valence-corrected chi connectivity index (χ3v) is 5.36. The lowest BCUT2D eigenvalue weighted by Gasteiger charge is -2.39. The van der Waals surface area contributed by atoms with Gasteiger partial charge in [0.05, 0.1) is 6.42 Å². The van der Waals surface area contributed by atoms with Gasteiger partial charge in [-0.15, -0.1) is 0 Å². The van der Waals surface area contributed by atoms with Crippen LogP contribution in [0.5, 0.6) is 0 Å². The molecule has 1 unspecified atom stereocenters. The zero-order chi connectivity index (χ0) is 17.2. The first-order chi connectivity index (χ1) is 11.5. The van der Waals surface area contributed by atoms with Crippen molar-refractivity contribution in [2.45, 2.75) is 38.3 Å². The summed E-state index contributed by atoms with van der Waals surface area (Å²) in [6, 6.07) is 7.37. The number of carbonyl (C=O) groups is 2. The highest BCUT2D eigenvalue weighted by Gasteiger charge is 2.43. The van der Waals surface area contributed by atoms with Crippen molar-refractivity contribution in [2.24, 2.45) is 5.41 Å². The molecule has 1 spiro atoms. The van der Waals surface area contributed by atoms with E-state index in [2.05, 4.69) is 10.2 Å². The minimum absolute atomic E-state index is 0.0598. The van der Waals surface area contributed by atoms with Crippen LogP contribution in [0.1, 0.15) is 30.4 Å². The SMILES string of the molecule is O=C(O)Cc1ccc(CN2CCC3(CC2)CNC(C(=O)O)C3)cc1. The smallest absolute Gasteiger partial charge is 0.320 e. The Bertz CT molecular complexity index is 606. The Morgan fingerprint density at radius 2 is 1.75 bits per heavy atom. The van der Waals surface area contributed by atoms with Crippen molar-refractivity contribution < 1.29 is 19.8 Å². The van der Waals surface area contributed by atoms with Crippen LogP contribution in [0.15, 0.2) is 24.3 Å². The molecule has 6 nitrogen and oxygen atoms in total. The van der Waals surface area contributed by atoms with E-state index in [1.165, 1.54) is 5.56 Å². The van der Waals surface area contributed by atoms with E-state index in [4.69, 9.17) is 10.2 Å². The second kappa shape index (κ2) is 6.91. The molecule has 1 aromatic rings. The average molecular weight is 332 g/mol. The molecular formula is C18H24N2O4. The van der Waals surface area contributed by atoms with Crippen LogP contribution in [0.4, 0.5) is 0 Å². The minimum Gasteiger partial charge on any atom is -0.481 e. The molecule has 2 fully saturated rings. The van der Waals surface area contributed by atoms with E-state index in [0.29, 0.717) is 0 Å². The first kappa shape index (κ1) is 16.9. The first-order valence-corrected chi connectivity index (χ1v) is 8.44. The molecule has 130 valence electrons. The summed E-state index contributed by atoms with van der Waals surface area (Å²) in [5, 5.41) is 21.1. The van der Waals surface area contributed by atoms with Gasteiger partial charge in [-0.2, -0.15) is 0 Å². The summed E-state index contributed by atoms with van der Waals surface area (Å²) in [6.07, 6.45) is 2.85. The van der Waals surface area contributed by atoms with Crippen molar-refractivity contribution >= 4 is 11.9 Å². The maximum absolute atomic E-state index is 11.1. The Morgan fingerprint density at radius 1 is 1.12 bits per heavy atom. The van der Waals surface area contributed by atoms with Crippen LogP contribution in [-0.4, -0.2) is 52.7 Å². The van der Waals surface area contributed by atoms with E-state index >= 15 is 0 Å². The molecule has 2 saturated heterocycles. The summed E-state index contributed by atoms with van der Waals surface area (Å²) < 4.78 is 0. The molecule has 2 aliphatic rings. The molecule has 3 rings (SSSR count). The highest BCUT2D eigenvalue weighted by atomic mass is 16.4. The Hall–Kier alpha value is -1.92. The largest absolute Gasteiger partial charge is 0.481 e. The highest BCUT2D eigenvalue weighted by Crippen LogP contribution is 2.39. The quantitative estimate of drug-likeness (QED) is 0.754. The van der Waals surface area contributed by atoms with Gasteiger partial charge < -0.3 is 15.5 Å². The molecule has 0 aliphatic carbocycles. The fraction of sp³-hybridized carbons (Fsp3) is 0.556. The lowest BCUT2D eigenvalue weighted by atomic mass is 9.76. The van der Waals surface area contributed by atoms with Gasteiger partial charge >= 0.3 is 11.9 Å². The molecule has 0 radical (unpaired) electrons. The number of benzene rings is 1. The van der Waals surface area contributed by atoms with Gasteiger partial charge in [0.15, 0.2) is 0 Å². The Kier molecular flexibility index (Phi) is 4.87. The molecule has 0 bridgehead atoms. The molecule has 3 N–H and O–H groups in total. The Balaban J connectivity index is 1.50. The predicted octanol–water partition coefficient (Wildman–Crippen LogP) is 1.34. The first-order valence-electron chi connectivity index (χ1n) is 8.44. The van der Waals surface area contributed by atoms with Gasteiger partial charge in [-0.3, -0.25) is 14.5 Å². The number of rotatable bonds is 5. The third kappa shape index (κ3) is 3.94. The number of nitrogens with zero attached hydrogens (tertiary/aromatic N) is 1. The summed E-state index contributed by atoms with van der Waals surface area (Å²) in [5.74, 6) is -1.55. The maximum Gasteiger partial charge on any atom is 0.320 e. The van der Waals surface area contributed by atoms with Crippen LogP contribution in [0, 0.1) is 5.41 Å². The van der Waals surface area contributed by atoms with Crippen molar-refractivity contribution in [3.8, 4) is 0 Å². The van der Waals surface area contributed by atoms with Gasteiger partial charge in [-0.05, 0) is 48.9 Å². The zero-order valence-corrected chi connectivity index (χ0v) is 13.7. The van der Waals surface area contributed by atoms with Crippen LogP contribution in [-0.2, 0) is 22.6 Å². The Morgan fingerprint density at radius 3 is 2.29 bits per heavy atom. The standard InChI is InChI=1S/C18H24N2O4/c21-16(22)9-13-1-3-14(4-2-13)11-20-7-5-18(6-8-20)10-15(17(23)24)19-12-18/h1-4,15,19H,5-12H2,(H,21,22)(H,23,24). The molecule has 0 amide bonds. The number of piperidine rings is 1. The van der Waals surface area contributed by atoms with E-state index < -0.39 is 18.0 Å². The Labute approximate surface area is 141 Å². The summed E-state index contributed by atoms with van der Waals surface area (Å²) in [7, 11) is 0. The third-order valence-electron chi connectivity index (χ3n) is 5.36. The van der Waals surface area contributed by atoms with Gasteiger partial charge in [-0.25, -0.2) is 0 Å².